The minimum absolute atomic E-state index is 0.0382. The Kier molecular flexibility index (Phi) is 4.83. The predicted octanol–water partition coefficient (Wildman–Crippen LogP) is 1.76. The van der Waals surface area contributed by atoms with Crippen LogP contribution in [0.4, 0.5) is 0 Å². The van der Waals surface area contributed by atoms with E-state index in [0.717, 1.165) is 19.4 Å². The summed E-state index contributed by atoms with van der Waals surface area (Å²) < 4.78 is 0. The van der Waals surface area contributed by atoms with Gasteiger partial charge in [0.15, 0.2) is 0 Å². The molecule has 1 aliphatic heterocycles. The summed E-state index contributed by atoms with van der Waals surface area (Å²) in [6, 6.07) is 0.675. The van der Waals surface area contributed by atoms with Crippen molar-refractivity contribution in [1.82, 2.24) is 10.2 Å². The normalized spacial score (nSPS) is 30.4. The van der Waals surface area contributed by atoms with E-state index in [2.05, 4.69) is 17.3 Å². The van der Waals surface area contributed by atoms with E-state index in [1.807, 2.05) is 0 Å². The van der Waals surface area contributed by atoms with E-state index >= 15 is 0 Å². The van der Waals surface area contributed by atoms with Crippen molar-refractivity contribution in [2.24, 2.45) is 0 Å². The Labute approximate surface area is 106 Å². The van der Waals surface area contributed by atoms with Crippen LogP contribution in [0.15, 0.2) is 0 Å². The molecule has 1 saturated carbocycles. The lowest BCUT2D eigenvalue weighted by Crippen LogP contribution is -2.54. The van der Waals surface area contributed by atoms with Crippen LogP contribution in [0.2, 0.25) is 0 Å². The van der Waals surface area contributed by atoms with Crippen LogP contribution in [0.5, 0.6) is 0 Å². The van der Waals surface area contributed by atoms with Crippen LogP contribution in [0.25, 0.3) is 0 Å². The third-order valence-corrected chi connectivity index (χ3v) is 4.75. The Balaban J connectivity index is 1.82. The van der Waals surface area contributed by atoms with Crippen molar-refractivity contribution in [2.45, 2.75) is 62.9 Å². The summed E-state index contributed by atoms with van der Waals surface area (Å²) in [6.07, 6.45) is 10.2. The maximum Gasteiger partial charge on any atom is 0.0613 e. The topological polar surface area (TPSA) is 35.5 Å². The van der Waals surface area contributed by atoms with E-state index in [-0.39, 0.29) is 5.54 Å². The van der Waals surface area contributed by atoms with Crippen molar-refractivity contribution in [2.75, 3.05) is 26.7 Å². The summed E-state index contributed by atoms with van der Waals surface area (Å²) in [7, 11) is 2.23. The minimum atomic E-state index is 0.0382. The maximum absolute atomic E-state index is 9.66. The van der Waals surface area contributed by atoms with Crippen LogP contribution in [-0.4, -0.2) is 48.3 Å². The number of likely N-dealkylation sites (tertiary alicyclic amines) is 1. The number of rotatable bonds is 4. The minimum Gasteiger partial charge on any atom is -0.394 e. The fraction of sp³-hybridized carbons (Fsp3) is 1.00. The highest BCUT2D eigenvalue weighted by atomic mass is 16.3. The van der Waals surface area contributed by atoms with Crippen LogP contribution < -0.4 is 5.32 Å². The SMILES string of the molecule is CN1CCCCC1CNC1(CO)CCCCC1. The highest BCUT2D eigenvalue weighted by Gasteiger charge is 2.32. The van der Waals surface area contributed by atoms with Crippen LogP contribution in [-0.2, 0) is 0 Å². The van der Waals surface area contributed by atoms with Crippen LogP contribution in [0, 0.1) is 0 Å². The van der Waals surface area contributed by atoms with Gasteiger partial charge in [-0.3, -0.25) is 0 Å². The Hall–Kier alpha value is -0.120. The van der Waals surface area contributed by atoms with Gasteiger partial charge >= 0.3 is 0 Å². The number of hydrogen-bond acceptors (Lipinski definition) is 3. The largest absolute Gasteiger partial charge is 0.394 e. The molecule has 0 aromatic carbocycles. The number of aliphatic hydroxyl groups excluding tert-OH is 1. The molecule has 1 atom stereocenters. The number of nitrogens with one attached hydrogen (secondary N) is 1. The molecule has 1 heterocycles. The molecule has 2 rings (SSSR count). The van der Waals surface area contributed by atoms with Gasteiger partial charge in [0, 0.05) is 18.1 Å². The first kappa shape index (κ1) is 13.3. The summed E-state index contributed by atoms with van der Waals surface area (Å²) in [4.78, 5) is 2.48. The van der Waals surface area contributed by atoms with Crippen molar-refractivity contribution in [3.63, 3.8) is 0 Å². The van der Waals surface area contributed by atoms with E-state index in [1.54, 1.807) is 0 Å². The zero-order chi connectivity index (χ0) is 12.1. The molecular weight excluding hydrogens is 212 g/mol. The number of hydrogen-bond donors (Lipinski definition) is 2. The van der Waals surface area contributed by atoms with Crippen LogP contribution in [0.3, 0.4) is 0 Å². The Bertz CT molecular complexity index is 226. The monoisotopic (exact) mass is 240 g/mol. The van der Waals surface area contributed by atoms with Crippen molar-refractivity contribution < 1.29 is 5.11 Å². The molecule has 0 amide bonds. The Morgan fingerprint density at radius 3 is 2.59 bits per heavy atom. The van der Waals surface area contributed by atoms with Gasteiger partial charge in [0.1, 0.15) is 0 Å². The van der Waals surface area contributed by atoms with Gasteiger partial charge in [-0.25, -0.2) is 0 Å². The zero-order valence-corrected chi connectivity index (χ0v) is 11.2. The molecular formula is C14H28N2O. The quantitative estimate of drug-likeness (QED) is 0.786. The summed E-state index contributed by atoms with van der Waals surface area (Å²) in [5, 5.41) is 13.4. The van der Waals surface area contributed by atoms with Gasteiger partial charge in [-0.05, 0) is 39.3 Å². The van der Waals surface area contributed by atoms with Crippen molar-refractivity contribution in [3.8, 4) is 0 Å². The number of likely N-dealkylation sites (N-methyl/N-ethyl adjacent to an activating group) is 1. The van der Waals surface area contributed by atoms with E-state index in [9.17, 15) is 5.11 Å². The standard InChI is InChI=1S/C14H28N2O/c1-16-10-6-3-7-13(16)11-15-14(12-17)8-4-2-5-9-14/h13,15,17H,2-12H2,1H3. The van der Waals surface area contributed by atoms with Crippen molar-refractivity contribution in [3.05, 3.63) is 0 Å². The molecule has 2 fully saturated rings. The summed E-state index contributed by atoms with van der Waals surface area (Å²) in [5.74, 6) is 0. The summed E-state index contributed by atoms with van der Waals surface area (Å²) in [6.45, 7) is 2.60. The molecule has 17 heavy (non-hydrogen) atoms. The highest BCUT2D eigenvalue weighted by molar-refractivity contribution is 4.92. The van der Waals surface area contributed by atoms with Gasteiger partial charge in [-0.15, -0.1) is 0 Å². The van der Waals surface area contributed by atoms with Crippen LogP contribution in [0.1, 0.15) is 51.4 Å². The molecule has 1 aliphatic carbocycles. The lowest BCUT2D eigenvalue weighted by atomic mass is 9.82. The third-order valence-electron chi connectivity index (χ3n) is 4.75. The zero-order valence-electron chi connectivity index (χ0n) is 11.2. The number of nitrogens with zero attached hydrogens (tertiary/aromatic N) is 1. The molecule has 0 aromatic rings. The highest BCUT2D eigenvalue weighted by Crippen LogP contribution is 2.28. The lowest BCUT2D eigenvalue weighted by molar-refractivity contribution is 0.101. The molecule has 3 heteroatoms. The smallest absolute Gasteiger partial charge is 0.0613 e. The lowest BCUT2D eigenvalue weighted by Gasteiger charge is -2.40. The molecule has 2 aliphatic rings. The molecule has 0 aromatic heterocycles. The molecule has 100 valence electrons. The molecule has 0 bridgehead atoms. The molecule has 0 radical (unpaired) electrons. The van der Waals surface area contributed by atoms with Gasteiger partial charge in [0.05, 0.1) is 6.61 Å². The second-order valence-electron chi connectivity index (χ2n) is 6.01. The van der Waals surface area contributed by atoms with Gasteiger partial charge in [-0.2, -0.15) is 0 Å². The first-order valence-corrected chi connectivity index (χ1v) is 7.32. The van der Waals surface area contributed by atoms with E-state index in [1.165, 1.54) is 45.1 Å². The van der Waals surface area contributed by atoms with Gasteiger partial charge < -0.3 is 15.3 Å². The predicted molar refractivity (Wildman–Crippen MR) is 71.2 cm³/mol. The fourth-order valence-corrected chi connectivity index (χ4v) is 3.36. The maximum atomic E-state index is 9.66. The molecule has 1 unspecified atom stereocenters. The second-order valence-corrected chi connectivity index (χ2v) is 6.01. The third kappa shape index (κ3) is 3.43. The van der Waals surface area contributed by atoms with Crippen molar-refractivity contribution >= 4 is 0 Å². The van der Waals surface area contributed by atoms with Gasteiger partial charge in [0.25, 0.3) is 0 Å². The van der Waals surface area contributed by atoms with Crippen molar-refractivity contribution in [1.29, 1.82) is 0 Å². The first-order valence-electron chi connectivity index (χ1n) is 7.32. The van der Waals surface area contributed by atoms with Gasteiger partial charge in [-0.1, -0.05) is 25.7 Å². The fourth-order valence-electron chi connectivity index (χ4n) is 3.36. The molecule has 3 nitrogen and oxygen atoms in total. The first-order chi connectivity index (χ1) is 8.26. The average molecular weight is 240 g/mol. The Morgan fingerprint density at radius 1 is 1.18 bits per heavy atom. The van der Waals surface area contributed by atoms with Crippen LogP contribution >= 0.6 is 0 Å². The van der Waals surface area contributed by atoms with E-state index < -0.39 is 0 Å². The molecule has 2 N–H and O–H groups in total. The molecule has 1 saturated heterocycles. The second kappa shape index (κ2) is 6.17. The average Bonchev–Trinajstić information content (AvgIpc) is 2.39. The number of piperidine rings is 1. The van der Waals surface area contributed by atoms with Gasteiger partial charge in [0.2, 0.25) is 0 Å². The summed E-state index contributed by atoms with van der Waals surface area (Å²) in [5.41, 5.74) is 0.0382. The number of aliphatic hydroxyl groups is 1. The van der Waals surface area contributed by atoms with E-state index in [4.69, 9.17) is 0 Å². The summed E-state index contributed by atoms with van der Waals surface area (Å²) >= 11 is 0. The Morgan fingerprint density at radius 2 is 1.94 bits per heavy atom. The molecule has 0 spiro atoms. The van der Waals surface area contributed by atoms with E-state index in [0.29, 0.717) is 12.6 Å².